The summed E-state index contributed by atoms with van der Waals surface area (Å²) in [5.74, 6) is 0.677. The van der Waals surface area contributed by atoms with E-state index >= 15 is 0 Å². The third-order valence-corrected chi connectivity index (χ3v) is 3.20. The van der Waals surface area contributed by atoms with Crippen LogP contribution >= 0.6 is 0 Å². The standard InChI is InChI=1S/C14H17F2N3O/c1-7(13-8(2)19-20-9(13)3)18-12-5-4-10(17)6-11(12)14(15)16/h4-7,14,18H,17H2,1-3H3. The summed E-state index contributed by atoms with van der Waals surface area (Å²) in [5.41, 5.74) is 7.75. The van der Waals surface area contributed by atoms with Gasteiger partial charge < -0.3 is 15.6 Å². The molecule has 1 aromatic heterocycles. The predicted octanol–water partition coefficient (Wildman–Crippen LogP) is 3.98. The van der Waals surface area contributed by atoms with Crippen molar-refractivity contribution in [1.29, 1.82) is 0 Å². The highest BCUT2D eigenvalue weighted by Crippen LogP contribution is 2.32. The first kappa shape index (κ1) is 14.3. The minimum Gasteiger partial charge on any atom is -0.399 e. The summed E-state index contributed by atoms with van der Waals surface area (Å²) in [5, 5.41) is 6.93. The van der Waals surface area contributed by atoms with E-state index in [9.17, 15) is 8.78 Å². The zero-order chi connectivity index (χ0) is 14.9. The molecule has 0 aliphatic carbocycles. The maximum absolute atomic E-state index is 13.0. The molecule has 6 heteroatoms. The number of rotatable bonds is 4. The van der Waals surface area contributed by atoms with Crippen LogP contribution in [0.2, 0.25) is 0 Å². The first-order valence-electron chi connectivity index (χ1n) is 6.27. The molecule has 0 aliphatic heterocycles. The van der Waals surface area contributed by atoms with Gasteiger partial charge >= 0.3 is 0 Å². The second-order valence-corrected chi connectivity index (χ2v) is 4.75. The molecule has 2 rings (SSSR count). The molecule has 4 nitrogen and oxygen atoms in total. The van der Waals surface area contributed by atoms with Gasteiger partial charge in [0.25, 0.3) is 6.43 Å². The van der Waals surface area contributed by atoms with Crippen LogP contribution in [-0.4, -0.2) is 5.16 Å². The molecule has 1 heterocycles. The Hall–Kier alpha value is -2.11. The van der Waals surface area contributed by atoms with Gasteiger partial charge in [-0.25, -0.2) is 8.78 Å². The zero-order valence-electron chi connectivity index (χ0n) is 11.6. The number of nitrogens with two attached hydrogens (primary N) is 1. The zero-order valence-corrected chi connectivity index (χ0v) is 11.6. The normalized spacial score (nSPS) is 12.7. The van der Waals surface area contributed by atoms with Crippen LogP contribution in [0.15, 0.2) is 22.7 Å². The highest BCUT2D eigenvalue weighted by atomic mass is 19.3. The average Bonchev–Trinajstić information content (AvgIpc) is 2.71. The van der Waals surface area contributed by atoms with E-state index in [4.69, 9.17) is 10.3 Å². The van der Waals surface area contributed by atoms with E-state index in [1.807, 2.05) is 13.8 Å². The number of anilines is 2. The molecule has 3 N–H and O–H groups in total. The molecular formula is C14H17F2N3O. The molecule has 2 aromatic rings. The molecular weight excluding hydrogens is 264 g/mol. The van der Waals surface area contributed by atoms with Crippen molar-refractivity contribution in [2.75, 3.05) is 11.1 Å². The summed E-state index contributed by atoms with van der Waals surface area (Å²) < 4.78 is 31.2. The third-order valence-electron chi connectivity index (χ3n) is 3.20. The van der Waals surface area contributed by atoms with Gasteiger partial charge in [-0.3, -0.25) is 0 Å². The van der Waals surface area contributed by atoms with Crippen LogP contribution in [-0.2, 0) is 0 Å². The van der Waals surface area contributed by atoms with Crippen molar-refractivity contribution in [3.8, 4) is 0 Å². The number of nitrogens with one attached hydrogen (secondary N) is 1. The lowest BCUT2D eigenvalue weighted by atomic mass is 10.1. The third kappa shape index (κ3) is 2.74. The van der Waals surface area contributed by atoms with Gasteiger partial charge in [-0.15, -0.1) is 0 Å². The van der Waals surface area contributed by atoms with Gasteiger partial charge in [0.15, 0.2) is 0 Å². The fraction of sp³-hybridized carbons (Fsp3) is 0.357. The lowest BCUT2D eigenvalue weighted by molar-refractivity contribution is 0.152. The fourth-order valence-corrected chi connectivity index (χ4v) is 2.31. The number of halogens is 2. The maximum Gasteiger partial charge on any atom is 0.265 e. The number of alkyl halides is 2. The van der Waals surface area contributed by atoms with Crippen LogP contribution in [0, 0.1) is 13.8 Å². The summed E-state index contributed by atoms with van der Waals surface area (Å²) in [6, 6.07) is 4.25. The van der Waals surface area contributed by atoms with Crippen molar-refractivity contribution in [3.63, 3.8) is 0 Å². The molecule has 0 radical (unpaired) electrons. The van der Waals surface area contributed by atoms with E-state index in [-0.39, 0.29) is 11.6 Å². The molecule has 1 unspecified atom stereocenters. The number of nitrogens with zero attached hydrogens (tertiary/aromatic N) is 1. The van der Waals surface area contributed by atoms with Crippen LogP contribution in [0.5, 0.6) is 0 Å². The SMILES string of the molecule is Cc1noc(C)c1C(C)Nc1ccc(N)cc1C(F)F. The predicted molar refractivity (Wildman–Crippen MR) is 73.8 cm³/mol. The molecule has 0 saturated carbocycles. The Morgan fingerprint density at radius 2 is 2.00 bits per heavy atom. The highest BCUT2D eigenvalue weighted by molar-refractivity contribution is 5.59. The van der Waals surface area contributed by atoms with E-state index in [1.54, 1.807) is 19.1 Å². The van der Waals surface area contributed by atoms with Crippen LogP contribution < -0.4 is 11.1 Å². The maximum atomic E-state index is 13.0. The van der Waals surface area contributed by atoms with Crippen LogP contribution in [0.1, 0.15) is 42.0 Å². The number of nitrogen functional groups attached to an aromatic ring is 1. The summed E-state index contributed by atoms with van der Waals surface area (Å²) in [4.78, 5) is 0. The molecule has 108 valence electrons. The second kappa shape index (κ2) is 5.48. The molecule has 0 fully saturated rings. The van der Waals surface area contributed by atoms with Crippen molar-refractivity contribution in [1.82, 2.24) is 5.16 Å². The van der Waals surface area contributed by atoms with E-state index < -0.39 is 6.43 Å². The fourth-order valence-electron chi connectivity index (χ4n) is 2.31. The van der Waals surface area contributed by atoms with Gasteiger partial charge in [-0.05, 0) is 39.0 Å². The Bertz CT molecular complexity index is 591. The van der Waals surface area contributed by atoms with E-state index in [1.165, 1.54) is 6.07 Å². The smallest absolute Gasteiger partial charge is 0.265 e. The van der Waals surface area contributed by atoms with Gasteiger partial charge in [-0.1, -0.05) is 5.16 Å². The van der Waals surface area contributed by atoms with Crippen molar-refractivity contribution < 1.29 is 13.3 Å². The minimum atomic E-state index is -2.59. The lowest BCUT2D eigenvalue weighted by Gasteiger charge is -2.18. The van der Waals surface area contributed by atoms with Crippen LogP contribution in [0.25, 0.3) is 0 Å². The minimum absolute atomic E-state index is 0.108. The van der Waals surface area contributed by atoms with Gasteiger partial charge in [0.1, 0.15) is 5.76 Å². The van der Waals surface area contributed by atoms with Crippen molar-refractivity contribution >= 4 is 11.4 Å². The molecule has 20 heavy (non-hydrogen) atoms. The van der Waals surface area contributed by atoms with E-state index in [2.05, 4.69) is 10.5 Å². The Kier molecular flexibility index (Phi) is 3.92. The summed E-state index contributed by atoms with van der Waals surface area (Å²) in [7, 11) is 0. The average molecular weight is 281 g/mol. The van der Waals surface area contributed by atoms with Crippen molar-refractivity contribution in [2.45, 2.75) is 33.2 Å². The Labute approximate surface area is 115 Å². The number of hydrogen-bond acceptors (Lipinski definition) is 4. The van der Waals surface area contributed by atoms with Gasteiger partial charge in [0.2, 0.25) is 0 Å². The largest absolute Gasteiger partial charge is 0.399 e. The summed E-state index contributed by atoms with van der Waals surface area (Å²) in [6.45, 7) is 5.49. The summed E-state index contributed by atoms with van der Waals surface area (Å²) in [6.07, 6.45) is -2.59. The molecule has 0 spiro atoms. The molecule has 1 aromatic carbocycles. The number of benzene rings is 1. The van der Waals surface area contributed by atoms with Gasteiger partial charge in [-0.2, -0.15) is 0 Å². The Morgan fingerprint density at radius 1 is 1.30 bits per heavy atom. The van der Waals surface area contributed by atoms with E-state index in [0.717, 1.165) is 11.3 Å². The molecule has 0 amide bonds. The molecule has 0 aliphatic rings. The number of hydrogen-bond donors (Lipinski definition) is 2. The van der Waals surface area contributed by atoms with E-state index in [0.29, 0.717) is 17.1 Å². The lowest BCUT2D eigenvalue weighted by Crippen LogP contribution is -2.10. The molecule has 0 bridgehead atoms. The Balaban J connectivity index is 2.30. The quantitative estimate of drug-likeness (QED) is 0.832. The summed E-state index contributed by atoms with van der Waals surface area (Å²) >= 11 is 0. The molecule has 0 saturated heterocycles. The van der Waals surface area contributed by atoms with Gasteiger partial charge in [0.05, 0.1) is 11.7 Å². The second-order valence-electron chi connectivity index (χ2n) is 4.75. The van der Waals surface area contributed by atoms with Crippen LogP contribution in [0.3, 0.4) is 0 Å². The first-order chi connectivity index (χ1) is 9.40. The van der Waals surface area contributed by atoms with Crippen molar-refractivity contribution in [2.24, 2.45) is 0 Å². The Morgan fingerprint density at radius 3 is 2.55 bits per heavy atom. The van der Waals surface area contributed by atoms with Gasteiger partial charge in [0, 0.05) is 22.5 Å². The molecule has 1 atom stereocenters. The number of aromatic nitrogens is 1. The highest BCUT2D eigenvalue weighted by Gasteiger charge is 2.19. The van der Waals surface area contributed by atoms with Crippen molar-refractivity contribution in [3.05, 3.63) is 40.8 Å². The topological polar surface area (TPSA) is 64.1 Å². The first-order valence-corrected chi connectivity index (χ1v) is 6.27. The van der Waals surface area contributed by atoms with Crippen LogP contribution in [0.4, 0.5) is 20.2 Å². The number of aryl methyl sites for hydroxylation is 2. The monoisotopic (exact) mass is 281 g/mol.